The molecule has 3 rings (SSSR count). The number of hydrogen-bond donors (Lipinski definition) is 0. The van der Waals surface area contributed by atoms with Gasteiger partial charge in [-0.2, -0.15) is 0 Å². The first-order chi connectivity index (χ1) is 13.6. The van der Waals surface area contributed by atoms with Gasteiger partial charge in [0.1, 0.15) is 5.82 Å². The fourth-order valence-electron chi connectivity index (χ4n) is 3.71. The molecule has 0 saturated carbocycles. The first kappa shape index (κ1) is 20.2. The molecule has 2 aromatic carbocycles. The lowest BCUT2D eigenvalue weighted by Crippen LogP contribution is -2.44. The Labute approximate surface area is 166 Å². The van der Waals surface area contributed by atoms with E-state index in [0.29, 0.717) is 19.6 Å². The molecule has 0 aromatic heterocycles. The third-order valence-electron chi connectivity index (χ3n) is 5.37. The molecular weight excluding hydrogens is 355 g/mol. The summed E-state index contributed by atoms with van der Waals surface area (Å²) in [6, 6.07) is 15.8. The van der Waals surface area contributed by atoms with Crippen LogP contribution in [-0.2, 0) is 11.3 Å². The number of Topliss-reactive ketones (excluding diaryl/α,β-unsaturated/α-hetero) is 1. The molecule has 1 saturated heterocycles. The van der Waals surface area contributed by atoms with Gasteiger partial charge in [-0.05, 0) is 50.6 Å². The minimum atomic E-state index is -0.286. The summed E-state index contributed by atoms with van der Waals surface area (Å²) in [7, 11) is 0. The Morgan fingerprint density at radius 2 is 1.79 bits per heavy atom. The zero-order valence-electron chi connectivity index (χ0n) is 16.3. The van der Waals surface area contributed by atoms with E-state index in [1.807, 2.05) is 43.3 Å². The normalized spacial score (nSPS) is 15.4. The van der Waals surface area contributed by atoms with Gasteiger partial charge in [0.2, 0.25) is 5.91 Å². The van der Waals surface area contributed by atoms with Gasteiger partial charge >= 0.3 is 0 Å². The Hall–Kier alpha value is -2.53. The average molecular weight is 382 g/mol. The van der Waals surface area contributed by atoms with Gasteiger partial charge in [-0.25, -0.2) is 4.39 Å². The van der Waals surface area contributed by atoms with Gasteiger partial charge in [0.15, 0.2) is 5.78 Å². The summed E-state index contributed by atoms with van der Waals surface area (Å²) in [6.45, 7) is 4.75. The molecule has 148 valence electrons. The second kappa shape index (κ2) is 9.60. The number of piperidine rings is 1. The molecule has 0 N–H and O–H groups in total. The van der Waals surface area contributed by atoms with Crippen molar-refractivity contribution in [3.05, 3.63) is 71.5 Å². The molecule has 1 aliphatic rings. The van der Waals surface area contributed by atoms with Crippen molar-refractivity contribution in [3.8, 4) is 0 Å². The van der Waals surface area contributed by atoms with Gasteiger partial charge in [0.25, 0.3) is 0 Å². The number of nitrogens with zero attached hydrogens (tertiary/aromatic N) is 2. The molecular formula is C23H27FN2O2. The first-order valence-electron chi connectivity index (χ1n) is 9.90. The zero-order chi connectivity index (χ0) is 19.9. The quantitative estimate of drug-likeness (QED) is 0.685. The van der Waals surface area contributed by atoms with Crippen LogP contribution in [0.3, 0.4) is 0 Å². The summed E-state index contributed by atoms with van der Waals surface area (Å²) in [5.41, 5.74) is 1.56. The van der Waals surface area contributed by atoms with Crippen molar-refractivity contribution in [3.63, 3.8) is 0 Å². The van der Waals surface area contributed by atoms with Crippen molar-refractivity contribution >= 4 is 11.7 Å². The maximum Gasteiger partial charge on any atom is 0.237 e. The van der Waals surface area contributed by atoms with Crippen molar-refractivity contribution in [1.29, 1.82) is 0 Å². The summed E-state index contributed by atoms with van der Waals surface area (Å²) in [5.74, 6) is -0.0121. The number of ketones is 1. The predicted octanol–water partition coefficient (Wildman–Crippen LogP) is 3.77. The van der Waals surface area contributed by atoms with E-state index in [-0.39, 0.29) is 23.4 Å². The SMILES string of the molecule is CCN(Cc1cccc(F)c1)C(=O)CN1CCC(C(=O)c2ccccc2)CC1. The Balaban J connectivity index is 1.50. The number of halogens is 1. The van der Waals surface area contributed by atoms with Crippen molar-refractivity contribution in [2.24, 2.45) is 5.92 Å². The van der Waals surface area contributed by atoms with Gasteiger partial charge in [0, 0.05) is 24.6 Å². The van der Waals surface area contributed by atoms with Crippen LogP contribution < -0.4 is 0 Å². The van der Waals surface area contributed by atoms with Crippen LogP contribution in [0.2, 0.25) is 0 Å². The van der Waals surface area contributed by atoms with Crippen LogP contribution in [-0.4, -0.2) is 47.7 Å². The monoisotopic (exact) mass is 382 g/mol. The molecule has 28 heavy (non-hydrogen) atoms. The minimum absolute atomic E-state index is 0.0309. The van der Waals surface area contributed by atoms with Crippen molar-refractivity contribution in [2.75, 3.05) is 26.2 Å². The molecule has 0 radical (unpaired) electrons. The Kier molecular flexibility index (Phi) is 6.93. The highest BCUT2D eigenvalue weighted by Crippen LogP contribution is 2.22. The van der Waals surface area contributed by atoms with E-state index in [4.69, 9.17) is 0 Å². The van der Waals surface area contributed by atoms with Crippen LogP contribution in [0.5, 0.6) is 0 Å². The highest BCUT2D eigenvalue weighted by Gasteiger charge is 2.27. The lowest BCUT2D eigenvalue weighted by atomic mass is 9.89. The van der Waals surface area contributed by atoms with Crippen molar-refractivity contribution in [2.45, 2.75) is 26.3 Å². The molecule has 2 aromatic rings. The van der Waals surface area contributed by atoms with Crippen LogP contribution in [0.1, 0.15) is 35.7 Å². The number of rotatable bonds is 7. The molecule has 0 unspecified atom stereocenters. The lowest BCUT2D eigenvalue weighted by Gasteiger charge is -2.32. The Bertz CT molecular complexity index is 801. The summed E-state index contributed by atoms with van der Waals surface area (Å²) in [6.07, 6.45) is 1.55. The maximum absolute atomic E-state index is 13.4. The zero-order valence-corrected chi connectivity index (χ0v) is 16.3. The molecule has 1 fully saturated rings. The molecule has 1 amide bonds. The second-order valence-electron chi connectivity index (χ2n) is 7.32. The van der Waals surface area contributed by atoms with Gasteiger partial charge in [-0.1, -0.05) is 42.5 Å². The molecule has 0 atom stereocenters. The van der Waals surface area contributed by atoms with E-state index < -0.39 is 0 Å². The number of amides is 1. The summed E-state index contributed by atoms with van der Waals surface area (Å²) >= 11 is 0. The number of likely N-dealkylation sites (N-methyl/N-ethyl adjacent to an activating group) is 1. The van der Waals surface area contributed by atoms with Crippen molar-refractivity contribution in [1.82, 2.24) is 9.80 Å². The topological polar surface area (TPSA) is 40.6 Å². The largest absolute Gasteiger partial charge is 0.338 e. The van der Waals surface area contributed by atoms with E-state index in [1.54, 1.807) is 11.0 Å². The van der Waals surface area contributed by atoms with E-state index in [9.17, 15) is 14.0 Å². The van der Waals surface area contributed by atoms with Gasteiger partial charge in [-0.3, -0.25) is 14.5 Å². The molecule has 0 spiro atoms. The molecule has 0 bridgehead atoms. The van der Waals surface area contributed by atoms with Gasteiger partial charge in [0.05, 0.1) is 6.54 Å². The van der Waals surface area contributed by atoms with Crippen LogP contribution in [0.4, 0.5) is 4.39 Å². The van der Waals surface area contributed by atoms with Gasteiger partial charge in [-0.15, -0.1) is 0 Å². The highest BCUT2D eigenvalue weighted by molar-refractivity contribution is 5.97. The van der Waals surface area contributed by atoms with E-state index in [1.165, 1.54) is 12.1 Å². The maximum atomic E-state index is 13.4. The molecule has 0 aliphatic carbocycles. The molecule has 5 heteroatoms. The lowest BCUT2D eigenvalue weighted by molar-refractivity contribution is -0.133. The van der Waals surface area contributed by atoms with E-state index in [2.05, 4.69) is 4.90 Å². The number of benzene rings is 2. The summed E-state index contributed by atoms with van der Waals surface area (Å²) < 4.78 is 13.4. The first-order valence-corrected chi connectivity index (χ1v) is 9.90. The van der Waals surface area contributed by atoms with Crippen molar-refractivity contribution < 1.29 is 14.0 Å². The smallest absolute Gasteiger partial charge is 0.237 e. The average Bonchev–Trinajstić information content (AvgIpc) is 2.72. The van der Waals surface area contributed by atoms with Crippen LogP contribution in [0.15, 0.2) is 54.6 Å². The van der Waals surface area contributed by atoms with Crippen LogP contribution >= 0.6 is 0 Å². The standard InChI is InChI=1S/C23H27FN2O2/c1-2-26(16-18-7-6-10-21(24)15-18)22(27)17-25-13-11-20(12-14-25)23(28)19-8-4-3-5-9-19/h3-10,15,20H,2,11-14,16-17H2,1H3. The fourth-order valence-corrected chi connectivity index (χ4v) is 3.71. The van der Waals surface area contributed by atoms with Gasteiger partial charge < -0.3 is 4.90 Å². The van der Waals surface area contributed by atoms with E-state index >= 15 is 0 Å². The third-order valence-corrected chi connectivity index (χ3v) is 5.37. The number of carbonyl (C=O) groups is 2. The predicted molar refractivity (Wildman–Crippen MR) is 107 cm³/mol. The Morgan fingerprint density at radius 1 is 1.07 bits per heavy atom. The number of hydrogen-bond acceptors (Lipinski definition) is 3. The second-order valence-corrected chi connectivity index (χ2v) is 7.32. The fraction of sp³-hybridized carbons (Fsp3) is 0.391. The molecule has 4 nitrogen and oxygen atoms in total. The molecule has 1 heterocycles. The number of carbonyl (C=O) groups excluding carboxylic acids is 2. The highest BCUT2D eigenvalue weighted by atomic mass is 19.1. The number of likely N-dealkylation sites (tertiary alicyclic amines) is 1. The Morgan fingerprint density at radius 3 is 2.43 bits per heavy atom. The minimum Gasteiger partial charge on any atom is -0.338 e. The summed E-state index contributed by atoms with van der Waals surface area (Å²) in [5, 5.41) is 0. The third kappa shape index (κ3) is 5.26. The van der Waals surface area contributed by atoms with E-state index in [0.717, 1.165) is 37.1 Å². The summed E-state index contributed by atoms with van der Waals surface area (Å²) in [4.78, 5) is 29.1. The molecule has 1 aliphatic heterocycles. The van der Waals surface area contributed by atoms with Crippen LogP contribution in [0, 0.1) is 11.7 Å². The van der Waals surface area contributed by atoms with Crippen LogP contribution in [0.25, 0.3) is 0 Å².